The largest absolute Gasteiger partial charge is 0.463 e. The molecule has 2 aromatic carbocycles. The number of imide groups is 2. The van der Waals surface area contributed by atoms with Crippen molar-refractivity contribution >= 4 is 52.9 Å². The van der Waals surface area contributed by atoms with Gasteiger partial charge >= 0.3 is 17.9 Å². The number of benzene rings is 2. The maximum atomic E-state index is 14.3. The highest BCUT2D eigenvalue weighted by Gasteiger charge is 2.77. The monoisotopic (exact) mass is 614 g/mol. The molecule has 2 heterocycles. The number of esters is 3. The van der Waals surface area contributed by atoms with Crippen molar-refractivity contribution < 1.29 is 47.8 Å². The van der Waals surface area contributed by atoms with Crippen LogP contribution in [0.4, 0.5) is 11.4 Å². The van der Waals surface area contributed by atoms with Gasteiger partial charge in [-0.2, -0.15) is 0 Å². The molecule has 0 spiro atoms. The van der Waals surface area contributed by atoms with Crippen molar-refractivity contribution in [2.75, 3.05) is 16.4 Å². The van der Waals surface area contributed by atoms with E-state index in [9.17, 15) is 33.6 Å². The van der Waals surface area contributed by atoms with Crippen LogP contribution >= 0.6 is 0 Å². The normalized spacial score (nSPS) is 28.3. The van der Waals surface area contributed by atoms with E-state index in [0.717, 1.165) is 9.80 Å². The lowest BCUT2D eigenvalue weighted by molar-refractivity contribution is -0.155. The molecule has 2 aliphatic heterocycles. The molecule has 1 saturated carbocycles. The summed E-state index contributed by atoms with van der Waals surface area (Å²) in [5.41, 5.74) is -0.520. The van der Waals surface area contributed by atoms with Crippen LogP contribution in [-0.4, -0.2) is 48.1 Å². The van der Waals surface area contributed by atoms with Gasteiger partial charge < -0.3 is 14.2 Å². The third-order valence-electron chi connectivity index (χ3n) is 9.39. The Hall–Kier alpha value is -5.13. The van der Waals surface area contributed by atoms with Gasteiger partial charge in [0.15, 0.2) is 0 Å². The van der Waals surface area contributed by atoms with Crippen LogP contribution in [0.1, 0.15) is 34.6 Å². The Bertz CT molecular complexity index is 1620. The van der Waals surface area contributed by atoms with Crippen molar-refractivity contribution in [2.24, 2.45) is 35.0 Å². The quantitative estimate of drug-likeness (QED) is 0.270. The molecule has 0 aromatic heterocycles. The molecule has 2 bridgehead atoms. The van der Waals surface area contributed by atoms with Crippen molar-refractivity contribution in [2.45, 2.75) is 34.6 Å². The number of carbonyl (C=O) groups is 7. The number of anilines is 2. The van der Waals surface area contributed by atoms with Crippen LogP contribution in [0.3, 0.4) is 0 Å². The number of carbonyl (C=O) groups excluding carboxylic acids is 7. The van der Waals surface area contributed by atoms with Gasteiger partial charge in [0.25, 0.3) is 0 Å². The Morgan fingerprint density at radius 1 is 0.689 bits per heavy atom. The van der Waals surface area contributed by atoms with Crippen LogP contribution in [0.25, 0.3) is 0 Å². The number of ether oxygens (including phenoxy) is 3. The lowest BCUT2D eigenvalue weighted by atomic mass is 9.43. The molecular formula is C33H30N2O10. The zero-order valence-corrected chi connectivity index (χ0v) is 25.2. The number of hydrogen-bond acceptors (Lipinski definition) is 10. The fourth-order valence-electron chi connectivity index (χ4n) is 7.98. The molecule has 12 heteroatoms. The first-order valence-electron chi connectivity index (χ1n) is 14.5. The molecule has 7 rings (SSSR count). The molecule has 3 aliphatic carbocycles. The van der Waals surface area contributed by atoms with Crippen LogP contribution in [0.5, 0.6) is 11.5 Å². The summed E-state index contributed by atoms with van der Waals surface area (Å²) >= 11 is 0. The molecule has 0 radical (unpaired) electrons. The molecule has 12 nitrogen and oxygen atoms in total. The minimum absolute atomic E-state index is 0.0416. The fourth-order valence-corrected chi connectivity index (χ4v) is 7.98. The summed E-state index contributed by atoms with van der Waals surface area (Å²) in [7, 11) is 0. The predicted octanol–water partition coefficient (Wildman–Crippen LogP) is 2.98. The van der Waals surface area contributed by atoms with Gasteiger partial charge in [0.2, 0.25) is 23.6 Å². The maximum Gasteiger partial charge on any atom is 0.334 e. The third kappa shape index (κ3) is 4.22. The highest BCUT2D eigenvalue weighted by molar-refractivity contribution is 6.27. The second kappa shape index (κ2) is 10.5. The van der Waals surface area contributed by atoms with E-state index >= 15 is 0 Å². The second-order valence-electron chi connectivity index (χ2n) is 11.8. The molecular weight excluding hydrogens is 584 g/mol. The van der Waals surface area contributed by atoms with E-state index in [0.29, 0.717) is 5.57 Å². The molecule has 4 amide bonds. The summed E-state index contributed by atoms with van der Waals surface area (Å²) < 4.78 is 15.6. The van der Waals surface area contributed by atoms with Gasteiger partial charge in [0.05, 0.1) is 41.7 Å². The molecule has 6 atom stereocenters. The summed E-state index contributed by atoms with van der Waals surface area (Å²) in [5.74, 6) is -8.83. The van der Waals surface area contributed by atoms with Gasteiger partial charge in [-0.3, -0.25) is 38.6 Å². The standard InChI is InChI=1S/C33H30N2O10/c1-6-43-32(42)25-15(2)22-23-26(30(40)34(28(23)38)18-7-11-20(12-8-18)44-16(3)36)33(25,5)27-24(22)29(39)35(31(27)41)19-9-13-21(14-10-19)45-17(4)37/h7-14,22-24,26-27H,6H2,1-5H3/t22?,23-,24+,26+,27-,33?. The average Bonchev–Trinajstić information content (AvgIpc) is 3.39. The first kappa shape index (κ1) is 29.9. The van der Waals surface area contributed by atoms with E-state index in [2.05, 4.69) is 0 Å². The van der Waals surface area contributed by atoms with E-state index in [1.54, 1.807) is 20.8 Å². The zero-order chi connectivity index (χ0) is 32.5. The minimum atomic E-state index is -1.56. The van der Waals surface area contributed by atoms with Crippen molar-refractivity contribution in [3.63, 3.8) is 0 Å². The lowest BCUT2D eigenvalue weighted by Gasteiger charge is -2.55. The van der Waals surface area contributed by atoms with Gasteiger partial charge in [-0.1, -0.05) is 12.5 Å². The second-order valence-corrected chi connectivity index (χ2v) is 11.8. The zero-order valence-electron chi connectivity index (χ0n) is 25.2. The third-order valence-corrected chi connectivity index (χ3v) is 9.39. The van der Waals surface area contributed by atoms with E-state index in [-0.39, 0.29) is 35.1 Å². The van der Waals surface area contributed by atoms with E-state index in [1.807, 2.05) is 0 Å². The number of allylic oxidation sites excluding steroid dienone is 1. The summed E-state index contributed by atoms with van der Waals surface area (Å²) in [6.07, 6.45) is 0. The van der Waals surface area contributed by atoms with Gasteiger partial charge in [0.1, 0.15) is 11.5 Å². The predicted molar refractivity (Wildman–Crippen MR) is 155 cm³/mol. The first-order chi connectivity index (χ1) is 21.3. The minimum Gasteiger partial charge on any atom is -0.463 e. The Labute approximate surface area is 257 Å². The Kier molecular flexibility index (Phi) is 6.98. The number of hydrogen-bond donors (Lipinski definition) is 0. The van der Waals surface area contributed by atoms with E-state index < -0.39 is 76.5 Å². The molecule has 5 aliphatic rings. The molecule has 3 fully saturated rings. The molecule has 45 heavy (non-hydrogen) atoms. The highest BCUT2D eigenvalue weighted by Crippen LogP contribution is 2.68. The number of nitrogens with zero attached hydrogens (tertiary/aromatic N) is 2. The summed E-state index contributed by atoms with van der Waals surface area (Å²) in [5, 5.41) is 0. The number of rotatable bonds is 6. The van der Waals surface area contributed by atoms with Crippen molar-refractivity contribution in [1.29, 1.82) is 0 Å². The lowest BCUT2D eigenvalue weighted by Crippen LogP contribution is -2.61. The fraction of sp³-hybridized carbons (Fsp3) is 0.364. The van der Waals surface area contributed by atoms with Crippen LogP contribution in [-0.2, 0) is 38.3 Å². The van der Waals surface area contributed by atoms with Gasteiger partial charge in [-0.25, -0.2) is 4.79 Å². The topological polar surface area (TPSA) is 154 Å². The Morgan fingerprint density at radius 2 is 1.09 bits per heavy atom. The smallest absolute Gasteiger partial charge is 0.334 e. The van der Waals surface area contributed by atoms with Crippen LogP contribution in [0.2, 0.25) is 0 Å². The first-order valence-corrected chi connectivity index (χ1v) is 14.5. The van der Waals surface area contributed by atoms with Gasteiger partial charge in [0, 0.05) is 30.8 Å². The van der Waals surface area contributed by atoms with E-state index in [4.69, 9.17) is 14.2 Å². The summed E-state index contributed by atoms with van der Waals surface area (Å²) in [4.78, 5) is 95.2. The van der Waals surface area contributed by atoms with Crippen LogP contribution in [0, 0.1) is 35.0 Å². The summed E-state index contributed by atoms with van der Waals surface area (Å²) in [6.45, 7) is 7.43. The van der Waals surface area contributed by atoms with Gasteiger partial charge in [-0.05, 0) is 62.4 Å². The van der Waals surface area contributed by atoms with E-state index in [1.165, 1.54) is 62.4 Å². The Balaban J connectivity index is 1.45. The average molecular weight is 615 g/mol. The SMILES string of the molecule is CCOC(=O)C1=C(C)C2[C@H]3C(=O)N(c4ccc(OC(C)=O)cc4)C(=O)[C@H]3C1(C)[C@H]1C(=O)N(c3ccc(OC(C)=O)cc3)C(=O)[C@@H]21. The van der Waals surface area contributed by atoms with Crippen molar-refractivity contribution in [3.8, 4) is 11.5 Å². The maximum absolute atomic E-state index is 14.3. The molecule has 232 valence electrons. The number of amides is 4. The van der Waals surface area contributed by atoms with Crippen LogP contribution in [0.15, 0.2) is 59.7 Å². The highest BCUT2D eigenvalue weighted by atomic mass is 16.5. The van der Waals surface area contributed by atoms with Gasteiger partial charge in [-0.15, -0.1) is 0 Å². The summed E-state index contributed by atoms with van der Waals surface area (Å²) in [6, 6.07) is 11.7. The van der Waals surface area contributed by atoms with Crippen molar-refractivity contribution in [1.82, 2.24) is 0 Å². The molecule has 2 aromatic rings. The Morgan fingerprint density at radius 3 is 1.44 bits per heavy atom. The molecule has 2 unspecified atom stereocenters. The molecule has 0 N–H and O–H groups in total. The molecule has 2 saturated heterocycles. The van der Waals surface area contributed by atoms with Crippen molar-refractivity contribution in [3.05, 3.63) is 59.7 Å². The van der Waals surface area contributed by atoms with Crippen LogP contribution < -0.4 is 19.3 Å².